The van der Waals surface area contributed by atoms with E-state index in [0.29, 0.717) is 12.0 Å². The van der Waals surface area contributed by atoms with Gasteiger partial charge in [0.1, 0.15) is 11.6 Å². The fraction of sp³-hybridized carbons (Fsp3) is 0.586. The van der Waals surface area contributed by atoms with Crippen LogP contribution < -0.4 is 10.2 Å². The summed E-state index contributed by atoms with van der Waals surface area (Å²) in [6.45, 7) is 10.7. The van der Waals surface area contributed by atoms with E-state index in [1.165, 1.54) is 24.0 Å². The van der Waals surface area contributed by atoms with E-state index in [-0.39, 0.29) is 11.3 Å². The van der Waals surface area contributed by atoms with E-state index in [4.69, 9.17) is 19.8 Å². The van der Waals surface area contributed by atoms with E-state index in [9.17, 15) is 4.79 Å². The Kier molecular flexibility index (Phi) is 5.89. The van der Waals surface area contributed by atoms with Crippen LogP contribution in [0.5, 0.6) is 0 Å². The van der Waals surface area contributed by atoms with Gasteiger partial charge in [-0.25, -0.2) is 14.6 Å². The highest BCUT2D eigenvalue weighted by Crippen LogP contribution is 2.39. The van der Waals surface area contributed by atoms with E-state index in [1.54, 1.807) is 0 Å². The molecule has 4 fully saturated rings. The molecule has 38 heavy (non-hydrogen) atoms. The van der Waals surface area contributed by atoms with E-state index in [0.717, 1.165) is 93.6 Å². The van der Waals surface area contributed by atoms with Crippen LogP contribution >= 0.6 is 0 Å². The van der Waals surface area contributed by atoms with Gasteiger partial charge in [-0.05, 0) is 88.2 Å². The van der Waals surface area contributed by atoms with E-state index in [2.05, 4.69) is 40.2 Å². The molecule has 2 aromatic heterocycles. The Morgan fingerprint density at radius 3 is 2.42 bits per heavy atom. The second-order valence-corrected chi connectivity index (χ2v) is 11.7. The van der Waals surface area contributed by atoms with Crippen LogP contribution in [0.3, 0.4) is 0 Å². The molecule has 4 aliphatic rings. The maximum atomic E-state index is 12.4. The molecule has 7 rings (SSSR count). The van der Waals surface area contributed by atoms with Crippen molar-refractivity contribution < 1.29 is 9.53 Å². The number of ether oxygens (including phenoxy) is 1. The van der Waals surface area contributed by atoms with Gasteiger partial charge >= 0.3 is 0 Å². The molecule has 3 aromatic rings. The molecule has 9 nitrogen and oxygen atoms in total. The molecular formula is C29H37N7O2. The van der Waals surface area contributed by atoms with Gasteiger partial charge in [0.2, 0.25) is 5.91 Å². The molecule has 0 aliphatic carbocycles. The van der Waals surface area contributed by atoms with Crippen molar-refractivity contribution in [3.8, 4) is 5.82 Å². The largest absolute Gasteiger partial charge is 0.378 e. The van der Waals surface area contributed by atoms with Crippen molar-refractivity contribution in [1.82, 2.24) is 30.0 Å². The number of nitrogens with one attached hydrogen (secondary N) is 1. The fourth-order valence-electron chi connectivity index (χ4n) is 7.00. The minimum atomic E-state index is -0.185. The summed E-state index contributed by atoms with van der Waals surface area (Å²) in [4.78, 5) is 26.9. The Morgan fingerprint density at radius 2 is 1.74 bits per heavy atom. The Morgan fingerprint density at radius 1 is 0.974 bits per heavy atom. The zero-order valence-corrected chi connectivity index (χ0v) is 22.4. The van der Waals surface area contributed by atoms with Crippen LogP contribution in [-0.4, -0.2) is 82.5 Å². The third-order valence-electron chi connectivity index (χ3n) is 9.51. The molecule has 6 heterocycles. The van der Waals surface area contributed by atoms with Gasteiger partial charge in [0, 0.05) is 31.1 Å². The number of hydrogen-bond acceptors (Lipinski definition) is 7. The Labute approximate surface area is 223 Å². The van der Waals surface area contributed by atoms with Crippen molar-refractivity contribution in [3.63, 3.8) is 0 Å². The van der Waals surface area contributed by atoms with Crippen molar-refractivity contribution in [2.75, 3.05) is 50.8 Å². The zero-order valence-electron chi connectivity index (χ0n) is 22.4. The summed E-state index contributed by atoms with van der Waals surface area (Å²) < 4.78 is 7.39. The van der Waals surface area contributed by atoms with Crippen LogP contribution in [-0.2, 0) is 9.53 Å². The van der Waals surface area contributed by atoms with Crippen LogP contribution in [0.25, 0.3) is 16.7 Å². The lowest BCUT2D eigenvalue weighted by Gasteiger charge is -2.41. The first-order chi connectivity index (χ1) is 18.5. The van der Waals surface area contributed by atoms with Gasteiger partial charge in [0.25, 0.3) is 0 Å². The highest BCUT2D eigenvalue weighted by Gasteiger charge is 2.44. The number of aryl methyl sites for hydroxylation is 2. The van der Waals surface area contributed by atoms with Crippen molar-refractivity contribution >= 4 is 22.6 Å². The molecule has 1 aromatic carbocycles. The number of amides is 1. The molecule has 1 spiro atoms. The summed E-state index contributed by atoms with van der Waals surface area (Å²) in [7, 11) is 0. The molecule has 0 saturated carbocycles. The maximum absolute atomic E-state index is 12.4. The summed E-state index contributed by atoms with van der Waals surface area (Å²) in [6.07, 6.45) is 7.01. The van der Waals surface area contributed by atoms with E-state index in [1.807, 2.05) is 17.8 Å². The molecule has 0 unspecified atom stereocenters. The van der Waals surface area contributed by atoms with Gasteiger partial charge in [0.15, 0.2) is 5.82 Å². The number of nitrogens with zero attached hydrogens (tertiary/aromatic N) is 6. The normalized spacial score (nSPS) is 22.8. The standard InChI is InChI=1S/C29H37N7O2/c1-19-13-22-16-31-36(25(22)14-24(19)21-3-9-34(10-4-21)23-17-38-18-23)27-15-26(32-20(2)33-27)35-11-6-29(7-12-35)5-8-30-28(29)37/h13-16,21,23H,3-12,17-18H2,1-2H3,(H,30,37). The van der Waals surface area contributed by atoms with Crippen molar-refractivity contribution in [2.24, 2.45) is 5.41 Å². The Balaban J connectivity index is 1.15. The van der Waals surface area contributed by atoms with Crippen molar-refractivity contribution in [1.29, 1.82) is 0 Å². The number of piperidine rings is 2. The third kappa shape index (κ3) is 4.07. The van der Waals surface area contributed by atoms with Gasteiger partial charge < -0.3 is 15.0 Å². The molecule has 0 radical (unpaired) electrons. The predicted molar refractivity (Wildman–Crippen MR) is 146 cm³/mol. The number of fused-ring (bicyclic) bond motifs is 1. The Hall–Kier alpha value is -3.04. The first kappa shape index (κ1) is 24.0. The van der Waals surface area contributed by atoms with Crippen LogP contribution in [0.15, 0.2) is 24.4 Å². The first-order valence-corrected chi connectivity index (χ1v) is 14.2. The minimum Gasteiger partial charge on any atom is -0.378 e. The molecule has 4 saturated heterocycles. The predicted octanol–water partition coefficient (Wildman–Crippen LogP) is 3.12. The monoisotopic (exact) mass is 515 g/mol. The molecule has 200 valence electrons. The van der Waals surface area contributed by atoms with Crippen LogP contribution in [0.2, 0.25) is 0 Å². The number of anilines is 1. The number of aromatic nitrogens is 4. The zero-order chi connectivity index (χ0) is 25.9. The van der Waals surface area contributed by atoms with Gasteiger partial charge in [-0.15, -0.1) is 0 Å². The highest BCUT2D eigenvalue weighted by atomic mass is 16.5. The van der Waals surface area contributed by atoms with Crippen molar-refractivity contribution in [3.05, 3.63) is 41.3 Å². The SMILES string of the molecule is Cc1nc(N2CCC3(CCNC3=O)CC2)cc(-n2ncc3cc(C)c(C4CCN(C5COC5)CC4)cc32)n1. The van der Waals surface area contributed by atoms with Crippen LogP contribution in [0, 0.1) is 19.3 Å². The topological polar surface area (TPSA) is 88.4 Å². The number of likely N-dealkylation sites (tertiary alicyclic amines) is 1. The van der Waals surface area contributed by atoms with Crippen LogP contribution in [0.4, 0.5) is 5.82 Å². The minimum absolute atomic E-state index is 0.185. The third-order valence-corrected chi connectivity index (χ3v) is 9.51. The van der Waals surface area contributed by atoms with Gasteiger partial charge in [0.05, 0.1) is 36.4 Å². The summed E-state index contributed by atoms with van der Waals surface area (Å²) in [5.41, 5.74) is 3.70. The van der Waals surface area contributed by atoms with Crippen LogP contribution in [0.1, 0.15) is 55.0 Å². The van der Waals surface area contributed by atoms with E-state index < -0.39 is 0 Å². The molecular weight excluding hydrogens is 478 g/mol. The molecule has 1 N–H and O–H groups in total. The number of benzene rings is 1. The Bertz CT molecular complexity index is 1360. The second kappa shape index (κ2) is 9.31. The molecule has 0 atom stereocenters. The van der Waals surface area contributed by atoms with Gasteiger partial charge in [-0.2, -0.15) is 5.10 Å². The molecule has 1 amide bonds. The summed E-state index contributed by atoms with van der Waals surface area (Å²) in [6, 6.07) is 7.32. The first-order valence-electron chi connectivity index (χ1n) is 14.2. The summed E-state index contributed by atoms with van der Waals surface area (Å²) in [5, 5.41) is 8.94. The lowest BCUT2D eigenvalue weighted by atomic mass is 9.77. The summed E-state index contributed by atoms with van der Waals surface area (Å²) in [5.74, 6) is 3.25. The lowest BCUT2D eigenvalue weighted by molar-refractivity contribution is -0.128. The number of carbonyl (C=O) groups excluding carboxylic acids is 1. The number of hydrogen-bond donors (Lipinski definition) is 1. The van der Waals surface area contributed by atoms with E-state index >= 15 is 0 Å². The smallest absolute Gasteiger partial charge is 0.226 e. The second-order valence-electron chi connectivity index (χ2n) is 11.7. The fourth-order valence-corrected chi connectivity index (χ4v) is 7.00. The van der Waals surface area contributed by atoms with Gasteiger partial charge in [-0.3, -0.25) is 9.69 Å². The number of carbonyl (C=O) groups is 1. The highest BCUT2D eigenvalue weighted by molar-refractivity contribution is 5.85. The average molecular weight is 516 g/mol. The number of rotatable bonds is 4. The summed E-state index contributed by atoms with van der Waals surface area (Å²) >= 11 is 0. The molecule has 0 bridgehead atoms. The quantitative estimate of drug-likeness (QED) is 0.571. The molecule has 4 aliphatic heterocycles. The van der Waals surface area contributed by atoms with Gasteiger partial charge in [-0.1, -0.05) is 0 Å². The average Bonchev–Trinajstić information content (AvgIpc) is 3.46. The van der Waals surface area contributed by atoms with Crippen molar-refractivity contribution in [2.45, 2.75) is 57.9 Å². The molecule has 9 heteroatoms. The maximum Gasteiger partial charge on any atom is 0.226 e. The lowest BCUT2D eigenvalue weighted by Crippen LogP contribution is -2.51.